The predicted molar refractivity (Wildman–Crippen MR) is 64.6 cm³/mol. The van der Waals surface area contributed by atoms with Crippen LogP contribution in [0, 0.1) is 0 Å². The fraction of sp³-hybridized carbons (Fsp3) is 0.667. The van der Waals surface area contributed by atoms with Gasteiger partial charge in [0.2, 0.25) is 0 Å². The summed E-state index contributed by atoms with van der Waals surface area (Å²) in [5.41, 5.74) is 1.37. The molecule has 3 N–H and O–H groups in total. The topological polar surface area (TPSA) is 49.1 Å². The van der Waals surface area contributed by atoms with Gasteiger partial charge < -0.3 is 20.4 Å². The first-order valence-corrected chi connectivity index (χ1v) is 6.08. The Hall–Kier alpha value is -0.840. The standard InChI is InChI=1S/C12H21N3O/c1(11-2-5-14-9-11)4-13-6-3-12-10-16-8-7-15-12/h2,5,9,12-15H,1,3-4,6-8,10H2. The van der Waals surface area contributed by atoms with Gasteiger partial charge in [-0.1, -0.05) is 0 Å². The molecule has 0 amide bonds. The third kappa shape index (κ3) is 3.96. The van der Waals surface area contributed by atoms with E-state index in [1.165, 1.54) is 5.56 Å². The second kappa shape index (κ2) is 6.68. The average Bonchev–Trinajstić information content (AvgIpc) is 2.83. The minimum absolute atomic E-state index is 0.536. The van der Waals surface area contributed by atoms with Crippen molar-refractivity contribution >= 4 is 0 Å². The third-order valence-electron chi connectivity index (χ3n) is 2.92. The molecule has 0 radical (unpaired) electrons. The Labute approximate surface area is 96.8 Å². The molecule has 1 fully saturated rings. The van der Waals surface area contributed by atoms with E-state index in [9.17, 15) is 0 Å². The van der Waals surface area contributed by atoms with E-state index in [0.29, 0.717) is 6.04 Å². The Balaban J connectivity index is 1.48. The lowest BCUT2D eigenvalue weighted by atomic mass is 10.2. The van der Waals surface area contributed by atoms with Gasteiger partial charge in [-0.2, -0.15) is 0 Å². The van der Waals surface area contributed by atoms with E-state index in [-0.39, 0.29) is 0 Å². The largest absolute Gasteiger partial charge is 0.379 e. The SMILES string of the molecule is c1cc(CCNCCC2COCCN2)c[nH]1. The van der Waals surface area contributed by atoms with Gasteiger partial charge in [0, 0.05) is 25.0 Å². The number of hydrogen-bond acceptors (Lipinski definition) is 3. The van der Waals surface area contributed by atoms with E-state index in [0.717, 1.165) is 45.7 Å². The number of ether oxygens (including phenoxy) is 1. The second-order valence-electron chi connectivity index (χ2n) is 4.23. The van der Waals surface area contributed by atoms with Gasteiger partial charge in [-0.05, 0) is 37.6 Å². The molecule has 1 unspecified atom stereocenters. The lowest BCUT2D eigenvalue weighted by Crippen LogP contribution is -2.42. The molecule has 0 aromatic carbocycles. The summed E-state index contributed by atoms with van der Waals surface area (Å²) in [7, 11) is 0. The van der Waals surface area contributed by atoms with Crippen molar-refractivity contribution in [1.82, 2.24) is 15.6 Å². The van der Waals surface area contributed by atoms with Crippen molar-refractivity contribution in [2.75, 3.05) is 32.8 Å². The number of aromatic nitrogens is 1. The van der Waals surface area contributed by atoms with Gasteiger partial charge in [0.15, 0.2) is 0 Å². The molecule has 4 nitrogen and oxygen atoms in total. The Kier molecular flexibility index (Phi) is 4.86. The van der Waals surface area contributed by atoms with E-state index >= 15 is 0 Å². The van der Waals surface area contributed by atoms with Crippen molar-refractivity contribution in [2.24, 2.45) is 0 Å². The zero-order chi connectivity index (χ0) is 11.1. The van der Waals surface area contributed by atoms with Crippen LogP contribution in [0.3, 0.4) is 0 Å². The third-order valence-corrected chi connectivity index (χ3v) is 2.92. The molecule has 0 saturated carbocycles. The van der Waals surface area contributed by atoms with Crippen molar-refractivity contribution in [1.29, 1.82) is 0 Å². The number of aromatic amines is 1. The molecule has 1 aliphatic heterocycles. The van der Waals surface area contributed by atoms with Crippen LogP contribution < -0.4 is 10.6 Å². The first-order chi connectivity index (χ1) is 7.95. The van der Waals surface area contributed by atoms with Gasteiger partial charge in [-0.15, -0.1) is 0 Å². The molecule has 1 aliphatic rings. The highest BCUT2D eigenvalue weighted by Gasteiger charge is 2.11. The van der Waals surface area contributed by atoms with Crippen LogP contribution in [0.25, 0.3) is 0 Å². The number of morpholine rings is 1. The van der Waals surface area contributed by atoms with Gasteiger partial charge in [-0.3, -0.25) is 0 Å². The smallest absolute Gasteiger partial charge is 0.0620 e. The van der Waals surface area contributed by atoms with E-state index in [2.05, 4.69) is 27.9 Å². The maximum atomic E-state index is 5.40. The zero-order valence-electron chi connectivity index (χ0n) is 9.67. The fourth-order valence-corrected chi connectivity index (χ4v) is 1.95. The van der Waals surface area contributed by atoms with E-state index in [1.807, 2.05) is 6.20 Å². The van der Waals surface area contributed by atoms with Gasteiger partial charge in [0.25, 0.3) is 0 Å². The second-order valence-corrected chi connectivity index (χ2v) is 4.23. The molecule has 90 valence electrons. The van der Waals surface area contributed by atoms with Crippen LogP contribution in [0.5, 0.6) is 0 Å². The predicted octanol–water partition coefficient (Wildman–Crippen LogP) is 0.525. The van der Waals surface area contributed by atoms with Crippen molar-refractivity contribution in [2.45, 2.75) is 18.9 Å². The molecule has 0 spiro atoms. The van der Waals surface area contributed by atoms with E-state index in [1.54, 1.807) is 0 Å². The molecule has 2 heterocycles. The van der Waals surface area contributed by atoms with Gasteiger partial charge in [0.05, 0.1) is 13.2 Å². The van der Waals surface area contributed by atoms with Crippen LogP contribution in [0.1, 0.15) is 12.0 Å². The highest BCUT2D eigenvalue weighted by molar-refractivity contribution is 5.08. The summed E-state index contributed by atoms with van der Waals surface area (Å²) in [5.74, 6) is 0. The minimum atomic E-state index is 0.536. The molecular weight excluding hydrogens is 202 g/mol. The maximum Gasteiger partial charge on any atom is 0.0620 e. The van der Waals surface area contributed by atoms with Gasteiger partial charge >= 0.3 is 0 Å². The summed E-state index contributed by atoms with van der Waals surface area (Å²) in [6.45, 7) is 4.82. The molecule has 2 rings (SSSR count). The molecular formula is C12H21N3O. The van der Waals surface area contributed by atoms with Crippen molar-refractivity contribution < 1.29 is 4.74 Å². The highest BCUT2D eigenvalue weighted by atomic mass is 16.5. The Morgan fingerprint density at radius 1 is 1.44 bits per heavy atom. The summed E-state index contributed by atoms with van der Waals surface area (Å²) >= 11 is 0. The summed E-state index contributed by atoms with van der Waals surface area (Å²) in [4.78, 5) is 3.07. The van der Waals surface area contributed by atoms with Crippen molar-refractivity contribution in [3.8, 4) is 0 Å². The molecule has 1 aromatic rings. The molecule has 1 saturated heterocycles. The maximum absolute atomic E-state index is 5.40. The van der Waals surface area contributed by atoms with Crippen molar-refractivity contribution in [3.05, 3.63) is 24.0 Å². The molecule has 1 aromatic heterocycles. The fourth-order valence-electron chi connectivity index (χ4n) is 1.95. The first kappa shape index (κ1) is 11.6. The molecule has 0 aliphatic carbocycles. The quantitative estimate of drug-likeness (QED) is 0.616. The average molecular weight is 223 g/mol. The van der Waals surface area contributed by atoms with Crippen LogP contribution >= 0.6 is 0 Å². The monoisotopic (exact) mass is 223 g/mol. The van der Waals surface area contributed by atoms with Crippen LogP contribution in [-0.4, -0.2) is 43.9 Å². The van der Waals surface area contributed by atoms with Crippen LogP contribution in [0.2, 0.25) is 0 Å². The summed E-state index contributed by atoms with van der Waals surface area (Å²) in [5, 5.41) is 6.92. The molecule has 1 atom stereocenters. The van der Waals surface area contributed by atoms with E-state index in [4.69, 9.17) is 4.74 Å². The number of H-pyrrole nitrogens is 1. The summed E-state index contributed by atoms with van der Waals surface area (Å²) in [6.07, 6.45) is 6.27. The Bertz CT molecular complexity index is 268. The minimum Gasteiger partial charge on any atom is -0.379 e. The molecule has 16 heavy (non-hydrogen) atoms. The van der Waals surface area contributed by atoms with Crippen LogP contribution in [-0.2, 0) is 11.2 Å². The van der Waals surface area contributed by atoms with Crippen molar-refractivity contribution in [3.63, 3.8) is 0 Å². The lowest BCUT2D eigenvalue weighted by Gasteiger charge is -2.23. The lowest BCUT2D eigenvalue weighted by molar-refractivity contribution is 0.0743. The normalized spacial score (nSPS) is 21.1. The number of hydrogen-bond donors (Lipinski definition) is 3. The zero-order valence-corrected chi connectivity index (χ0v) is 9.67. The number of rotatable bonds is 6. The first-order valence-electron chi connectivity index (χ1n) is 6.08. The summed E-state index contributed by atoms with van der Waals surface area (Å²) in [6, 6.07) is 2.66. The summed E-state index contributed by atoms with van der Waals surface area (Å²) < 4.78 is 5.40. The van der Waals surface area contributed by atoms with Crippen LogP contribution in [0.4, 0.5) is 0 Å². The molecule has 0 bridgehead atoms. The Morgan fingerprint density at radius 3 is 3.19 bits per heavy atom. The highest BCUT2D eigenvalue weighted by Crippen LogP contribution is 1.98. The van der Waals surface area contributed by atoms with Gasteiger partial charge in [-0.25, -0.2) is 0 Å². The van der Waals surface area contributed by atoms with Crippen LogP contribution in [0.15, 0.2) is 18.5 Å². The molecule has 4 heteroatoms. The number of nitrogens with one attached hydrogen (secondary N) is 3. The Morgan fingerprint density at radius 2 is 2.44 bits per heavy atom. The van der Waals surface area contributed by atoms with E-state index < -0.39 is 0 Å². The van der Waals surface area contributed by atoms with Gasteiger partial charge in [0.1, 0.15) is 0 Å².